The third kappa shape index (κ3) is 3.68. The van der Waals surface area contributed by atoms with Crippen molar-refractivity contribution in [3.63, 3.8) is 0 Å². The fraction of sp³-hybridized carbons (Fsp3) is 0.545. The molecule has 32 heavy (non-hydrogen) atoms. The van der Waals surface area contributed by atoms with E-state index < -0.39 is 0 Å². The first-order valence-corrected chi connectivity index (χ1v) is 11.2. The molecule has 1 amide bonds. The lowest BCUT2D eigenvalue weighted by molar-refractivity contribution is -0.141. The number of fused-ring (bicyclic) bond motifs is 1. The average molecular weight is 437 g/mol. The maximum atomic E-state index is 13.3. The van der Waals surface area contributed by atoms with Crippen molar-refractivity contribution >= 4 is 22.9 Å². The van der Waals surface area contributed by atoms with Crippen LogP contribution < -0.4 is 5.32 Å². The molecule has 0 aromatic carbocycles. The van der Waals surface area contributed by atoms with Crippen LogP contribution in [0.15, 0.2) is 18.7 Å². The molecule has 1 saturated heterocycles. The highest BCUT2D eigenvalue weighted by molar-refractivity contribution is 5.90. The number of amides is 1. The molecule has 1 atom stereocenters. The van der Waals surface area contributed by atoms with Crippen LogP contribution in [0, 0.1) is 6.92 Å². The summed E-state index contributed by atoms with van der Waals surface area (Å²) < 4.78 is 7.88. The molecule has 10 heteroatoms. The van der Waals surface area contributed by atoms with Gasteiger partial charge in [-0.2, -0.15) is 0 Å². The van der Waals surface area contributed by atoms with E-state index in [1.54, 1.807) is 12.4 Å². The van der Waals surface area contributed by atoms with Crippen LogP contribution in [0.1, 0.15) is 38.9 Å². The van der Waals surface area contributed by atoms with Gasteiger partial charge in [-0.05, 0) is 33.1 Å². The Morgan fingerprint density at radius 1 is 1.22 bits per heavy atom. The SMILES string of the molecule is CCC(Nc1ncnc2c1nc(-c1cnc(C)nc1)n2CC)C(=O)N1CCOC2(CC2)C1. The molecule has 3 aromatic heterocycles. The van der Waals surface area contributed by atoms with E-state index in [0.717, 1.165) is 24.2 Å². The van der Waals surface area contributed by atoms with Gasteiger partial charge in [-0.3, -0.25) is 4.79 Å². The van der Waals surface area contributed by atoms with Crippen LogP contribution in [0.4, 0.5) is 5.82 Å². The summed E-state index contributed by atoms with van der Waals surface area (Å²) in [5.41, 5.74) is 2.06. The minimum Gasteiger partial charge on any atom is -0.371 e. The second-order valence-electron chi connectivity index (χ2n) is 8.49. The Labute approximate surface area is 186 Å². The van der Waals surface area contributed by atoms with Crippen LogP contribution in [0.3, 0.4) is 0 Å². The van der Waals surface area contributed by atoms with Gasteiger partial charge in [0.25, 0.3) is 0 Å². The van der Waals surface area contributed by atoms with Crippen LogP contribution in [0.5, 0.6) is 0 Å². The van der Waals surface area contributed by atoms with Gasteiger partial charge in [0.1, 0.15) is 24.0 Å². The van der Waals surface area contributed by atoms with Gasteiger partial charge in [0.2, 0.25) is 5.91 Å². The van der Waals surface area contributed by atoms with Gasteiger partial charge >= 0.3 is 0 Å². The van der Waals surface area contributed by atoms with Gasteiger partial charge < -0.3 is 19.5 Å². The zero-order chi connectivity index (χ0) is 22.3. The minimum absolute atomic E-state index is 0.0796. The van der Waals surface area contributed by atoms with Crippen LogP contribution >= 0.6 is 0 Å². The largest absolute Gasteiger partial charge is 0.371 e. The lowest BCUT2D eigenvalue weighted by Gasteiger charge is -2.35. The third-order valence-corrected chi connectivity index (χ3v) is 6.27. The molecule has 2 fully saturated rings. The van der Waals surface area contributed by atoms with Crippen molar-refractivity contribution in [1.82, 2.24) is 34.4 Å². The monoisotopic (exact) mass is 436 g/mol. The van der Waals surface area contributed by atoms with E-state index >= 15 is 0 Å². The predicted octanol–water partition coefficient (Wildman–Crippen LogP) is 2.19. The molecular weight excluding hydrogens is 408 g/mol. The molecule has 3 aromatic rings. The van der Waals surface area contributed by atoms with E-state index in [0.29, 0.717) is 55.5 Å². The van der Waals surface area contributed by atoms with Crippen molar-refractivity contribution in [2.45, 2.75) is 58.2 Å². The number of imidazole rings is 1. The molecule has 0 radical (unpaired) electrons. The summed E-state index contributed by atoms with van der Waals surface area (Å²) in [5, 5.41) is 3.35. The molecule has 1 N–H and O–H groups in total. The lowest BCUT2D eigenvalue weighted by Crippen LogP contribution is -2.51. The van der Waals surface area contributed by atoms with Crippen molar-refractivity contribution in [2.75, 3.05) is 25.0 Å². The quantitative estimate of drug-likeness (QED) is 0.626. The summed E-state index contributed by atoms with van der Waals surface area (Å²) in [7, 11) is 0. The molecule has 168 valence electrons. The number of hydrogen-bond donors (Lipinski definition) is 1. The summed E-state index contributed by atoms with van der Waals surface area (Å²) >= 11 is 0. The number of aryl methyl sites for hydroxylation is 2. The highest BCUT2D eigenvalue weighted by Gasteiger charge is 2.48. The highest BCUT2D eigenvalue weighted by atomic mass is 16.5. The molecule has 1 unspecified atom stereocenters. The zero-order valence-corrected chi connectivity index (χ0v) is 18.7. The number of ether oxygens (including phenoxy) is 1. The maximum Gasteiger partial charge on any atom is 0.245 e. The molecule has 2 aliphatic rings. The summed E-state index contributed by atoms with van der Waals surface area (Å²) in [6.45, 7) is 8.47. The summed E-state index contributed by atoms with van der Waals surface area (Å²) in [5.74, 6) is 2.08. The van der Waals surface area contributed by atoms with E-state index in [2.05, 4.69) is 25.3 Å². The minimum atomic E-state index is -0.389. The van der Waals surface area contributed by atoms with Gasteiger partial charge in [0, 0.05) is 32.0 Å². The van der Waals surface area contributed by atoms with Gasteiger partial charge in [0.05, 0.1) is 17.8 Å². The summed E-state index contributed by atoms with van der Waals surface area (Å²) in [4.78, 5) is 37.5. The molecule has 10 nitrogen and oxygen atoms in total. The second kappa shape index (κ2) is 8.09. The smallest absolute Gasteiger partial charge is 0.245 e. The molecule has 1 aliphatic heterocycles. The van der Waals surface area contributed by atoms with Crippen molar-refractivity contribution in [3.8, 4) is 11.4 Å². The van der Waals surface area contributed by atoms with Crippen LogP contribution in [-0.4, -0.2) is 71.6 Å². The average Bonchev–Trinajstić information content (AvgIpc) is 3.44. The van der Waals surface area contributed by atoms with Gasteiger partial charge in [-0.15, -0.1) is 0 Å². The van der Waals surface area contributed by atoms with Crippen molar-refractivity contribution in [1.29, 1.82) is 0 Å². The first-order chi connectivity index (χ1) is 15.5. The highest BCUT2D eigenvalue weighted by Crippen LogP contribution is 2.42. The van der Waals surface area contributed by atoms with Crippen molar-refractivity contribution in [3.05, 3.63) is 24.5 Å². The van der Waals surface area contributed by atoms with Gasteiger partial charge in [0.15, 0.2) is 17.0 Å². The molecule has 0 bridgehead atoms. The molecule has 1 spiro atoms. The number of aromatic nitrogens is 6. The maximum absolute atomic E-state index is 13.3. The van der Waals surface area contributed by atoms with Gasteiger partial charge in [-0.25, -0.2) is 24.9 Å². The first-order valence-electron chi connectivity index (χ1n) is 11.2. The van der Waals surface area contributed by atoms with Crippen molar-refractivity contribution in [2.24, 2.45) is 0 Å². The number of carbonyl (C=O) groups excluding carboxylic acids is 1. The van der Waals surface area contributed by atoms with E-state index in [1.807, 2.05) is 30.2 Å². The summed E-state index contributed by atoms with van der Waals surface area (Å²) in [6.07, 6.45) is 7.75. The number of hydrogen-bond acceptors (Lipinski definition) is 8. The van der Waals surface area contributed by atoms with E-state index in [4.69, 9.17) is 9.72 Å². The Kier molecular flexibility index (Phi) is 5.24. The molecule has 1 saturated carbocycles. The molecule has 1 aliphatic carbocycles. The number of nitrogens with one attached hydrogen (secondary N) is 1. The first kappa shape index (κ1) is 20.7. The number of carbonyl (C=O) groups is 1. The topological polar surface area (TPSA) is 111 Å². The van der Waals surface area contributed by atoms with Crippen LogP contribution in [0.25, 0.3) is 22.6 Å². The fourth-order valence-electron chi connectivity index (χ4n) is 4.27. The van der Waals surface area contributed by atoms with Crippen molar-refractivity contribution < 1.29 is 9.53 Å². The van der Waals surface area contributed by atoms with Gasteiger partial charge in [-0.1, -0.05) is 6.92 Å². The van der Waals surface area contributed by atoms with Crippen LogP contribution in [-0.2, 0) is 16.1 Å². The number of anilines is 1. The molecule has 5 rings (SSSR count). The number of nitrogens with zero attached hydrogens (tertiary/aromatic N) is 7. The molecule has 4 heterocycles. The Hall–Kier alpha value is -3.14. The van der Waals surface area contributed by atoms with Crippen LogP contribution in [0.2, 0.25) is 0 Å². The standard InChI is InChI=1S/C22H28N8O2/c1-4-16(21(31)29-8-9-32-22(12-29)6-7-22)27-18-17-20(26-13-25-18)30(5-2)19(28-17)15-10-23-14(3)24-11-15/h10-11,13,16H,4-9,12H2,1-3H3,(H,25,26,27). The second-order valence-corrected chi connectivity index (χ2v) is 8.49. The van der Waals surface area contributed by atoms with E-state index in [1.165, 1.54) is 6.33 Å². The van der Waals surface area contributed by atoms with E-state index in [9.17, 15) is 4.79 Å². The third-order valence-electron chi connectivity index (χ3n) is 6.27. The lowest BCUT2D eigenvalue weighted by atomic mass is 10.1. The number of morpholine rings is 1. The Morgan fingerprint density at radius 3 is 2.69 bits per heavy atom. The predicted molar refractivity (Wildman–Crippen MR) is 119 cm³/mol. The Bertz CT molecular complexity index is 1140. The zero-order valence-electron chi connectivity index (χ0n) is 18.7. The number of rotatable bonds is 6. The van der Waals surface area contributed by atoms with E-state index in [-0.39, 0.29) is 17.6 Å². The normalized spacial score (nSPS) is 18.2. The molecular formula is C22H28N8O2. The Balaban J connectivity index is 1.45. The Morgan fingerprint density at radius 2 is 2.00 bits per heavy atom. The fourth-order valence-corrected chi connectivity index (χ4v) is 4.27. The summed E-state index contributed by atoms with van der Waals surface area (Å²) in [6, 6.07) is -0.389.